The van der Waals surface area contributed by atoms with E-state index in [4.69, 9.17) is 9.47 Å². The monoisotopic (exact) mass is 306 g/mol. The standard InChI is InChI=1S/C15H18N2O3S/c1-19-7-9-13(8-2-4-20-14(8)9)17-15(18)11-6-12-10(16-11)3-5-21-12/h3,5-6,8-9,13-14,16H,2,4,7H2,1H3,(H,17,18)/t8-,9+,13+,14-/m1/s1. The molecule has 4 rings (SSSR count). The Hall–Kier alpha value is -1.37. The Morgan fingerprint density at radius 1 is 1.62 bits per heavy atom. The van der Waals surface area contributed by atoms with E-state index in [2.05, 4.69) is 10.3 Å². The summed E-state index contributed by atoms with van der Waals surface area (Å²) in [5.41, 5.74) is 1.66. The highest BCUT2D eigenvalue weighted by Gasteiger charge is 2.54. The Bertz CT molecular complexity index is 636. The molecule has 1 aliphatic heterocycles. The summed E-state index contributed by atoms with van der Waals surface area (Å²) in [6.07, 6.45) is 1.28. The van der Waals surface area contributed by atoms with Crippen molar-refractivity contribution >= 4 is 27.5 Å². The fraction of sp³-hybridized carbons (Fsp3) is 0.533. The number of rotatable bonds is 4. The van der Waals surface area contributed by atoms with Gasteiger partial charge in [0, 0.05) is 31.6 Å². The molecule has 0 bridgehead atoms. The second-order valence-electron chi connectivity index (χ2n) is 5.79. The molecule has 2 aromatic rings. The molecule has 0 unspecified atom stereocenters. The number of ether oxygens (including phenoxy) is 2. The van der Waals surface area contributed by atoms with Crippen molar-refractivity contribution in [1.82, 2.24) is 10.3 Å². The van der Waals surface area contributed by atoms with Crippen LogP contribution in [-0.2, 0) is 9.47 Å². The summed E-state index contributed by atoms with van der Waals surface area (Å²) in [4.78, 5) is 15.6. The van der Waals surface area contributed by atoms with Crippen LogP contribution in [0.2, 0.25) is 0 Å². The van der Waals surface area contributed by atoms with Gasteiger partial charge in [-0.15, -0.1) is 11.3 Å². The molecule has 2 N–H and O–H groups in total. The van der Waals surface area contributed by atoms with Gasteiger partial charge in [0.2, 0.25) is 0 Å². The molecule has 6 heteroatoms. The Balaban J connectivity index is 1.49. The van der Waals surface area contributed by atoms with Crippen LogP contribution in [0.15, 0.2) is 17.5 Å². The molecule has 2 aromatic heterocycles. The first-order valence-electron chi connectivity index (χ1n) is 7.25. The highest BCUT2D eigenvalue weighted by molar-refractivity contribution is 7.17. The van der Waals surface area contributed by atoms with Gasteiger partial charge in [0.15, 0.2) is 0 Å². The number of nitrogens with one attached hydrogen (secondary N) is 2. The lowest BCUT2D eigenvalue weighted by molar-refractivity contribution is -0.0810. The molecule has 0 spiro atoms. The first-order chi connectivity index (χ1) is 10.3. The summed E-state index contributed by atoms with van der Waals surface area (Å²) in [5, 5.41) is 5.18. The van der Waals surface area contributed by atoms with Crippen LogP contribution >= 0.6 is 11.3 Å². The quantitative estimate of drug-likeness (QED) is 0.908. The van der Waals surface area contributed by atoms with Crippen LogP contribution in [0.3, 0.4) is 0 Å². The minimum Gasteiger partial charge on any atom is -0.384 e. The van der Waals surface area contributed by atoms with Crippen LogP contribution in [0, 0.1) is 11.8 Å². The molecule has 4 atom stereocenters. The maximum atomic E-state index is 12.4. The van der Waals surface area contributed by atoms with Gasteiger partial charge in [0.1, 0.15) is 5.69 Å². The maximum Gasteiger partial charge on any atom is 0.267 e. The summed E-state index contributed by atoms with van der Waals surface area (Å²) in [6.45, 7) is 1.42. The molecule has 0 radical (unpaired) electrons. The molecular weight excluding hydrogens is 288 g/mol. The predicted molar refractivity (Wildman–Crippen MR) is 80.6 cm³/mol. The van der Waals surface area contributed by atoms with Crippen LogP contribution in [0.4, 0.5) is 0 Å². The second kappa shape index (κ2) is 5.12. The van der Waals surface area contributed by atoms with E-state index < -0.39 is 0 Å². The van der Waals surface area contributed by atoms with E-state index in [0.717, 1.165) is 23.2 Å². The summed E-state index contributed by atoms with van der Waals surface area (Å²) in [6, 6.07) is 4.07. The van der Waals surface area contributed by atoms with Crippen LogP contribution in [0.1, 0.15) is 16.9 Å². The number of carbonyl (C=O) groups is 1. The number of hydrogen-bond donors (Lipinski definition) is 2. The number of fused-ring (bicyclic) bond motifs is 2. The minimum atomic E-state index is -0.0325. The van der Waals surface area contributed by atoms with Crippen LogP contribution in [-0.4, -0.2) is 43.4 Å². The van der Waals surface area contributed by atoms with Crippen molar-refractivity contribution in [3.8, 4) is 0 Å². The number of aromatic nitrogens is 1. The number of methoxy groups -OCH3 is 1. The Labute approximate surface area is 126 Å². The minimum absolute atomic E-state index is 0.0325. The van der Waals surface area contributed by atoms with Crippen molar-refractivity contribution in [2.45, 2.75) is 18.6 Å². The molecule has 2 aliphatic rings. The lowest BCUT2D eigenvalue weighted by Crippen LogP contribution is -2.62. The van der Waals surface area contributed by atoms with Crippen LogP contribution in [0.25, 0.3) is 10.2 Å². The topological polar surface area (TPSA) is 63.3 Å². The van der Waals surface area contributed by atoms with E-state index in [1.165, 1.54) is 0 Å². The van der Waals surface area contributed by atoms with E-state index in [1.807, 2.05) is 17.5 Å². The van der Waals surface area contributed by atoms with Gasteiger partial charge in [-0.1, -0.05) is 0 Å². The Kier molecular flexibility index (Phi) is 3.24. The molecule has 1 saturated heterocycles. The second-order valence-corrected chi connectivity index (χ2v) is 6.74. The zero-order valence-corrected chi connectivity index (χ0v) is 12.6. The highest BCUT2D eigenvalue weighted by Crippen LogP contribution is 2.43. The molecular formula is C15H18N2O3S. The van der Waals surface area contributed by atoms with Gasteiger partial charge in [0.25, 0.3) is 5.91 Å². The Morgan fingerprint density at radius 3 is 3.33 bits per heavy atom. The zero-order chi connectivity index (χ0) is 14.4. The molecule has 2 fully saturated rings. The third-order valence-electron chi connectivity index (χ3n) is 4.67. The van der Waals surface area contributed by atoms with Crippen molar-refractivity contribution in [1.29, 1.82) is 0 Å². The van der Waals surface area contributed by atoms with E-state index in [-0.39, 0.29) is 24.0 Å². The SMILES string of the molecule is COC[C@H]1[C@@H](NC(=O)c2cc3sccc3[nH]2)[C@H]2CCO[C@H]21. The largest absolute Gasteiger partial charge is 0.384 e. The van der Waals surface area contributed by atoms with Gasteiger partial charge in [-0.25, -0.2) is 0 Å². The molecule has 112 valence electrons. The third kappa shape index (κ3) is 2.09. The van der Waals surface area contributed by atoms with Crippen molar-refractivity contribution in [2.75, 3.05) is 20.3 Å². The molecule has 3 heterocycles. The number of carbonyl (C=O) groups excluding carboxylic acids is 1. The number of amides is 1. The van der Waals surface area contributed by atoms with E-state index in [1.54, 1.807) is 18.4 Å². The third-order valence-corrected chi connectivity index (χ3v) is 5.53. The van der Waals surface area contributed by atoms with Gasteiger partial charge < -0.3 is 19.8 Å². The molecule has 21 heavy (non-hydrogen) atoms. The van der Waals surface area contributed by atoms with E-state index in [0.29, 0.717) is 18.2 Å². The number of hydrogen-bond acceptors (Lipinski definition) is 4. The summed E-state index contributed by atoms with van der Waals surface area (Å²) in [7, 11) is 1.69. The van der Waals surface area contributed by atoms with E-state index >= 15 is 0 Å². The molecule has 1 saturated carbocycles. The molecule has 5 nitrogen and oxygen atoms in total. The molecule has 1 amide bonds. The smallest absolute Gasteiger partial charge is 0.267 e. The van der Waals surface area contributed by atoms with Crippen molar-refractivity contribution in [3.05, 3.63) is 23.2 Å². The van der Waals surface area contributed by atoms with Crippen molar-refractivity contribution in [3.63, 3.8) is 0 Å². The first kappa shape index (κ1) is 13.3. The number of H-pyrrole nitrogens is 1. The lowest BCUT2D eigenvalue weighted by Gasteiger charge is -2.47. The molecule has 0 aromatic carbocycles. The summed E-state index contributed by atoms with van der Waals surface area (Å²) < 4.78 is 12.1. The van der Waals surface area contributed by atoms with E-state index in [9.17, 15) is 4.79 Å². The highest BCUT2D eigenvalue weighted by atomic mass is 32.1. The predicted octanol–water partition coefficient (Wildman–Crippen LogP) is 2.01. The van der Waals surface area contributed by atoms with Crippen LogP contribution < -0.4 is 5.32 Å². The van der Waals surface area contributed by atoms with Crippen molar-refractivity contribution < 1.29 is 14.3 Å². The molecule has 1 aliphatic carbocycles. The fourth-order valence-electron chi connectivity index (χ4n) is 3.63. The first-order valence-corrected chi connectivity index (χ1v) is 8.13. The number of aromatic amines is 1. The number of thiophene rings is 1. The van der Waals surface area contributed by atoms with Gasteiger partial charge in [0.05, 0.1) is 22.9 Å². The zero-order valence-electron chi connectivity index (χ0n) is 11.8. The average molecular weight is 306 g/mol. The van der Waals surface area contributed by atoms with Crippen LogP contribution in [0.5, 0.6) is 0 Å². The van der Waals surface area contributed by atoms with Gasteiger partial charge in [-0.3, -0.25) is 4.79 Å². The normalized spacial score (nSPS) is 31.1. The van der Waals surface area contributed by atoms with Gasteiger partial charge in [-0.2, -0.15) is 0 Å². The summed E-state index contributed by atoms with van der Waals surface area (Å²) in [5.74, 6) is 0.669. The van der Waals surface area contributed by atoms with Gasteiger partial charge >= 0.3 is 0 Å². The fourth-order valence-corrected chi connectivity index (χ4v) is 4.42. The Morgan fingerprint density at radius 2 is 2.52 bits per heavy atom. The maximum absolute atomic E-state index is 12.4. The van der Waals surface area contributed by atoms with Crippen molar-refractivity contribution in [2.24, 2.45) is 11.8 Å². The summed E-state index contributed by atoms with van der Waals surface area (Å²) >= 11 is 1.64. The average Bonchev–Trinajstić information content (AvgIpc) is 3.15. The van der Waals surface area contributed by atoms with Gasteiger partial charge in [-0.05, 0) is 23.9 Å². The lowest BCUT2D eigenvalue weighted by atomic mass is 9.67.